The number of amides is 1. The summed E-state index contributed by atoms with van der Waals surface area (Å²) in [7, 11) is 0. The number of para-hydroxylation sites is 1. The van der Waals surface area contributed by atoms with E-state index in [-0.39, 0.29) is 11.7 Å². The predicted molar refractivity (Wildman–Crippen MR) is 81.2 cm³/mol. The van der Waals surface area contributed by atoms with E-state index in [1.165, 1.54) is 12.1 Å². The molecule has 3 rings (SSSR count). The van der Waals surface area contributed by atoms with Crippen LogP contribution in [0.3, 0.4) is 0 Å². The fraction of sp³-hybridized carbons (Fsp3) is 0.125. The molecule has 1 amide bonds. The lowest BCUT2D eigenvalue weighted by atomic mass is 10.2. The average molecular weight is 299 g/mol. The molecule has 6 heteroatoms. The van der Waals surface area contributed by atoms with Gasteiger partial charge in [-0.05, 0) is 37.3 Å². The lowest BCUT2D eigenvalue weighted by Crippen LogP contribution is -2.30. The number of ether oxygens (including phenoxy) is 1. The van der Waals surface area contributed by atoms with Crippen LogP contribution in [0, 0.1) is 5.82 Å². The van der Waals surface area contributed by atoms with Crippen molar-refractivity contribution in [2.45, 2.75) is 13.0 Å². The molecule has 0 saturated heterocycles. The first kappa shape index (κ1) is 14.1. The summed E-state index contributed by atoms with van der Waals surface area (Å²) in [5, 5.41) is 10.4. The Morgan fingerprint density at radius 3 is 2.95 bits per heavy atom. The molecular formula is C16H14FN3O2. The van der Waals surface area contributed by atoms with Crippen LogP contribution < -0.4 is 10.1 Å². The monoisotopic (exact) mass is 299 g/mol. The summed E-state index contributed by atoms with van der Waals surface area (Å²) in [5.74, 6) is -0.802. The number of H-pyrrole nitrogens is 1. The molecule has 5 nitrogen and oxygen atoms in total. The molecule has 0 fully saturated rings. The van der Waals surface area contributed by atoms with Crippen LogP contribution in [0.25, 0.3) is 10.9 Å². The number of rotatable bonds is 4. The van der Waals surface area contributed by atoms with Crippen LogP contribution in [-0.2, 0) is 4.79 Å². The molecule has 0 aliphatic carbocycles. The third-order valence-corrected chi connectivity index (χ3v) is 3.22. The van der Waals surface area contributed by atoms with Crippen molar-refractivity contribution in [2.24, 2.45) is 0 Å². The Labute approximate surface area is 126 Å². The smallest absolute Gasteiger partial charge is 0.265 e. The largest absolute Gasteiger partial charge is 0.478 e. The van der Waals surface area contributed by atoms with Gasteiger partial charge in [0.2, 0.25) is 0 Å². The van der Waals surface area contributed by atoms with E-state index in [9.17, 15) is 9.18 Å². The van der Waals surface area contributed by atoms with Crippen molar-refractivity contribution in [3.8, 4) is 5.75 Å². The molecule has 0 spiro atoms. The Morgan fingerprint density at radius 1 is 1.32 bits per heavy atom. The summed E-state index contributed by atoms with van der Waals surface area (Å²) in [6, 6.07) is 11.4. The number of anilines is 1. The standard InChI is InChI=1S/C16H14FN3O2/c1-10(22-15-5-3-2-4-13(15)17)16(21)19-12-6-7-14-11(8-12)9-18-20-14/h2-10H,1H3,(H,18,20)(H,19,21). The number of hydrogen-bond donors (Lipinski definition) is 2. The number of carbonyl (C=O) groups is 1. The van der Waals surface area contributed by atoms with Gasteiger partial charge in [0.05, 0.1) is 11.7 Å². The summed E-state index contributed by atoms with van der Waals surface area (Å²) in [5.41, 5.74) is 1.51. The van der Waals surface area contributed by atoms with Gasteiger partial charge in [-0.2, -0.15) is 5.10 Å². The second kappa shape index (κ2) is 5.85. The second-order valence-corrected chi connectivity index (χ2v) is 4.85. The maximum atomic E-state index is 13.5. The number of aromatic nitrogens is 2. The second-order valence-electron chi connectivity index (χ2n) is 4.85. The fourth-order valence-corrected chi connectivity index (χ4v) is 2.05. The minimum atomic E-state index is -0.822. The van der Waals surface area contributed by atoms with Crippen LogP contribution in [0.5, 0.6) is 5.75 Å². The van der Waals surface area contributed by atoms with Gasteiger partial charge in [-0.3, -0.25) is 9.89 Å². The summed E-state index contributed by atoms with van der Waals surface area (Å²) >= 11 is 0. The average Bonchev–Trinajstić information content (AvgIpc) is 2.97. The van der Waals surface area contributed by atoms with Gasteiger partial charge < -0.3 is 10.1 Å². The molecule has 0 radical (unpaired) electrons. The molecular weight excluding hydrogens is 285 g/mol. The molecule has 0 bridgehead atoms. The summed E-state index contributed by atoms with van der Waals surface area (Å²) in [4.78, 5) is 12.1. The molecule has 3 aromatic rings. The van der Waals surface area contributed by atoms with E-state index in [2.05, 4.69) is 15.5 Å². The zero-order chi connectivity index (χ0) is 15.5. The predicted octanol–water partition coefficient (Wildman–Crippen LogP) is 3.11. The molecule has 1 unspecified atom stereocenters. The van der Waals surface area contributed by atoms with Crippen LogP contribution in [0.2, 0.25) is 0 Å². The lowest BCUT2D eigenvalue weighted by Gasteiger charge is -2.15. The molecule has 1 atom stereocenters. The number of halogens is 1. The van der Waals surface area contributed by atoms with Gasteiger partial charge in [0.25, 0.3) is 5.91 Å². The van der Waals surface area contributed by atoms with E-state index in [1.807, 2.05) is 6.07 Å². The molecule has 0 aliphatic rings. The van der Waals surface area contributed by atoms with Crippen molar-refractivity contribution in [2.75, 3.05) is 5.32 Å². The number of hydrogen-bond acceptors (Lipinski definition) is 3. The normalized spacial score (nSPS) is 12.1. The van der Waals surface area contributed by atoms with Gasteiger partial charge in [-0.15, -0.1) is 0 Å². The zero-order valence-corrected chi connectivity index (χ0v) is 11.8. The van der Waals surface area contributed by atoms with Crippen molar-refractivity contribution >= 4 is 22.5 Å². The van der Waals surface area contributed by atoms with Crippen molar-refractivity contribution in [3.63, 3.8) is 0 Å². The molecule has 0 saturated carbocycles. The van der Waals surface area contributed by atoms with Gasteiger partial charge in [0.15, 0.2) is 17.7 Å². The van der Waals surface area contributed by atoms with E-state index in [0.717, 1.165) is 10.9 Å². The molecule has 2 aromatic carbocycles. The van der Waals surface area contributed by atoms with E-state index in [1.54, 1.807) is 37.4 Å². The zero-order valence-electron chi connectivity index (χ0n) is 11.8. The van der Waals surface area contributed by atoms with E-state index >= 15 is 0 Å². The summed E-state index contributed by atoms with van der Waals surface area (Å²) < 4.78 is 18.9. The van der Waals surface area contributed by atoms with Crippen molar-refractivity contribution in [1.82, 2.24) is 10.2 Å². The van der Waals surface area contributed by atoms with Crippen molar-refractivity contribution in [1.29, 1.82) is 0 Å². The number of aromatic amines is 1. The lowest BCUT2D eigenvalue weighted by molar-refractivity contribution is -0.122. The Kier molecular flexibility index (Phi) is 3.74. The highest BCUT2D eigenvalue weighted by Gasteiger charge is 2.16. The first-order chi connectivity index (χ1) is 10.6. The van der Waals surface area contributed by atoms with Crippen molar-refractivity contribution < 1.29 is 13.9 Å². The van der Waals surface area contributed by atoms with Gasteiger partial charge in [-0.25, -0.2) is 4.39 Å². The minimum Gasteiger partial charge on any atom is -0.478 e. The molecule has 112 valence electrons. The number of fused-ring (bicyclic) bond motifs is 1. The molecule has 22 heavy (non-hydrogen) atoms. The van der Waals surface area contributed by atoms with Crippen LogP contribution in [0.15, 0.2) is 48.7 Å². The van der Waals surface area contributed by atoms with Gasteiger partial charge in [0, 0.05) is 11.1 Å². The van der Waals surface area contributed by atoms with E-state index in [4.69, 9.17) is 4.74 Å². The first-order valence-corrected chi connectivity index (χ1v) is 6.78. The van der Waals surface area contributed by atoms with Crippen LogP contribution in [0.4, 0.5) is 10.1 Å². The highest BCUT2D eigenvalue weighted by molar-refractivity contribution is 5.96. The Bertz CT molecular complexity index is 816. The number of nitrogens with one attached hydrogen (secondary N) is 2. The van der Waals surface area contributed by atoms with Gasteiger partial charge in [-0.1, -0.05) is 12.1 Å². The Balaban J connectivity index is 1.69. The molecule has 1 aromatic heterocycles. The minimum absolute atomic E-state index is 0.0513. The third-order valence-electron chi connectivity index (χ3n) is 3.22. The van der Waals surface area contributed by atoms with Gasteiger partial charge in [0.1, 0.15) is 0 Å². The maximum Gasteiger partial charge on any atom is 0.265 e. The quantitative estimate of drug-likeness (QED) is 0.778. The summed E-state index contributed by atoms with van der Waals surface area (Å²) in [6.45, 7) is 1.57. The van der Waals surface area contributed by atoms with E-state index < -0.39 is 11.9 Å². The van der Waals surface area contributed by atoms with E-state index in [0.29, 0.717) is 5.69 Å². The maximum absolute atomic E-state index is 13.5. The van der Waals surface area contributed by atoms with Gasteiger partial charge >= 0.3 is 0 Å². The first-order valence-electron chi connectivity index (χ1n) is 6.78. The van der Waals surface area contributed by atoms with Crippen molar-refractivity contribution in [3.05, 3.63) is 54.5 Å². The Hall–Kier alpha value is -2.89. The highest BCUT2D eigenvalue weighted by atomic mass is 19.1. The number of nitrogens with zero attached hydrogens (tertiary/aromatic N) is 1. The van der Waals surface area contributed by atoms with Crippen LogP contribution in [-0.4, -0.2) is 22.2 Å². The third kappa shape index (κ3) is 2.90. The molecule has 2 N–H and O–H groups in total. The SMILES string of the molecule is CC(Oc1ccccc1F)C(=O)Nc1ccc2[nH]ncc2c1. The Morgan fingerprint density at radius 2 is 2.14 bits per heavy atom. The molecule has 1 heterocycles. The number of benzene rings is 2. The topological polar surface area (TPSA) is 67.0 Å². The number of carbonyl (C=O) groups excluding carboxylic acids is 1. The summed E-state index contributed by atoms with van der Waals surface area (Å²) in [6.07, 6.45) is 0.849. The highest BCUT2D eigenvalue weighted by Crippen LogP contribution is 2.19. The van der Waals surface area contributed by atoms with Crippen LogP contribution in [0.1, 0.15) is 6.92 Å². The fourth-order valence-electron chi connectivity index (χ4n) is 2.05. The van der Waals surface area contributed by atoms with Crippen LogP contribution >= 0.6 is 0 Å². The molecule has 0 aliphatic heterocycles.